The molecule has 0 spiro atoms. The van der Waals surface area contributed by atoms with Crippen molar-refractivity contribution in [1.82, 2.24) is 0 Å². The number of carbonyl (C=O) groups excluding carboxylic acids is 1. The molecular weight excluding hydrogens is 242 g/mol. The number of carbonyl (C=O) groups is 1. The first-order chi connectivity index (χ1) is 8.96. The highest BCUT2D eigenvalue weighted by atomic mass is 16.6. The standard InChI is InChI=1S/C15H21NO3/c1-15(2,19-14(16)17)9-12(13-10-18-13)8-11-6-4-3-5-7-11/h3-7,12-13H,8-10H2,1-2H3,(H2,16,17). The fourth-order valence-corrected chi connectivity index (χ4v) is 2.53. The third-order valence-corrected chi connectivity index (χ3v) is 3.36. The van der Waals surface area contributed by atoms with Crippen LogP contribution in [-0.4, -0.2) is 24.4 Å². The molecule has 1 aromatic carbocycles. The van der Waals surface area contributed by atoms with Crippen LogP contribution in [0.4, 0.5) is 4.79 Å². The molecule has 1 fully saturated rings. The summed E-state index contributed by atoms with van der Waals surface area (Å²) in [5.41, 5.74) is 5.82. The van der Waals surface area contributed by atoms with Crippen LogP contribution >= 0.6 is 0 Å². The Labute approximate surface area is 113 Å². The Bertz CT molecular complexity index is 426. The van der Waals surface area contributed by atoms with Gasteiger partial charge in [0.25, 0.3) is 0 Å². The zero-order valence-electron chi connectivity index (χ0n) is 11.5. The third-order valence-electron chi connectivity index (χ3n) is 3.36. The molecule has 4 heteroatoms. The summed E-state index contributed by atoms with van der Waals surface area (Å²) in [5.74, 6) is 0.344. The molecule has 0 radical (unpaired) electrons. The average molecular weight is 263 g/mol. The fourth-order valence-electron chi connectivity index (χ4n) is 2.53. The summed E-state index contributed by atoms with van der Waals surface area (Å²) >= 11 is 0. The lowest BCUT2D eigenvalue weighted by molar-refractivity contribution is 0.0229. The van der Waals surface area contributed by atoms with E-state index in [1.165, 1.54) is 5.56 Å². The van der Waals surface area contributed by atoms with Crippen molar-refractivity contribution in [3.63, 3.8) is 0 Å². The summed E-state index contributed by atoms with van der Waals surface area (Å²) < 4.78 is 10.6. The SMILES string of the molecule is CC(C)(CC(Cc1ccccc1)C1CO1)OC(N)=O. The van der Waals surface area contributed by atoms with Crippen LogP contribution < -0.4 is 5.73 Å². The molecule has 0 aliphatic carbocycles. The number of rotatable bonds is 6. The lowest BCUT2D eigenvalue weighted by Gasteiger charge is -2.28. The summed E-state index contributed by atoms with van der Waals surface area (Å²) in [4.78, 5) is 10.9. The number of amides is 1. The van der Waals surface area contributed by atoms with E-state index in [-0.39, 0.29) is 6.10 Å². The molecule has 1 aromatic rings. The molecule has 19 heavy (non-hydrogen) atoms. The number of epoxide rings is 1. The van der Waals surface area contributed by atoms with Gasteiger partial charge in [-0.15, -0.1) is 0 Å². The van der Waals surface area contributed by atoms with Crippen molar-refractivity contribution in [3.05, 3.63) is 35.9 Å². The second-order valence-electron chi connectivity index (χ2n) is 5.71. The van der Waals surface area contributed by atoms with Crippen LogP contribution in [0.25, 0.3) is 0 Å². The van der Waals surface area contributed by atoms with Gasteiger partial charge in [-0.05, 0) is 38.2 Å². The van der Waals surface area contributed by atoms with Crippen molar-refractivity contribution in [2.75, 3.05) is 6.61 Å². The van der Waals surface area contributed by atoms with Crippen LogP contribution in [0.3, 0.4) is 0 Å². The Morgan fingerprint density at radius 3 is 2.63 bits per heavy atom. The van der Waals surface area contributed by atoms with E-state index in [0.29, 0.717) is 5.92 Å². The summed E-state index contributed by atoms with van der Waals surface area (Å²) in [5, 5.41) is 0. The zero-order valence-corrected chi connectivity index (χ0v) is 11.5. The molecule has 2 atom stereocenters. The maximum absolute atomic E-state index is 10.9. The number of hydrogen-bond donors (Lipinski definition) is 1. The maximum Gasteiger partial charge on any atom is 0.405 e. The van der Waals surface area contributed by atoms with Gasteiger partial charge in [-0.3, -0.25) is 0 Å². The molecule has 2 rings (SSSR count). The van der Waals surface area contributed by atoms with Gasteiger partial charge in [0.1, 0.15) is 5.60 Å². The van der Waals surface area contributed by atoms with Crippen LogP contribution in [0.1, 0.15) is 25.8 Å². The first-order valence-corrected chi connectivity index (χ1v) is 6.60. The number of ether oxygens (including phenoxy) is 2. The largest absolute Gasteiger partial charge is 0.444 e. The summed E-state index contributed by atoms with van der Waals surface area (Å²) in [6.45, 7) is 4.57. The van der Waals surface area contributed by atoms with Gasteiger partial charge < -0.3 is 15.2 Å². The van der Waals surface area contributed by atoms with E-state index in [2.05, 4.69) is 12.1 Å². The quantitative estimate of drug-likeness (QED) is 0.802. The van der Waals surface area contributed by atoms with Gasteiger partial charge in [0.2, 0.25) is 0 Å². The third kappa shape index (κ3) is 4.56. The number of primary amides is 1. The minimum atomic E-state index is -0.722. The minimum absolute atomic E-state index is 0.274. The van der Waals surface area contributed by atoms with Crippen LogP contribution in [0.5, 0.6) is 0 Å². The Morgan fingerprint density at radius 2 is 2.11 bits per heavy atom. The Morgan fingerprint density at radius 1 is 1.47 bits per heavy atom. The molecule has 1 amide bonds. The van der Waals surface area contributed by atoms with E-state index < -0.39 is 11.7 Å². The first-order valence-electron chi connectivity index (χ1n) is 6.60. The topological polar surface area (TPSA) is 64.8 Å². The van der Waals surface area contributed by atoms with Crippen molar-refractivity contribution in [2.24, 2.45) is 11.7 Å². The van der Waals surface area contributed by atoms with Crippen LogP contribution in [0.2, 0.25) is 0 Å². The van der Waals surface area contributed by atoms with Gasteiger partial charge in [0, 0.05) is 0 Å². The maximum atomic E-state index is 10.9. The summed E-state index contributed by atoms with van der Waals surface area (Å²) in [6.07, 6.45) is 1.23. The second-order valence-corrected chi connectivity index (χ2v) is 5.71. The van der Waals surface area contributed by atoms with Crippen LogP contribution in [0, 0.1) is 5.92 Å². The Balaban J connectivity index is 1.98. The normalized spacial score (nSPS) is 19.8. The fraction of sp³-hybridized carbons (Fsp3) is 0.533. The van der Waals surface area contributed by atoms with E-state index in [4.69, 9.17) is 15.2 Å². The molecule has 0 saturated carbocycles. The lowest BCUT2D eigenvalue weighted by Crippen LogP contribution is -2.35. The van der Waals surface area contributed by atoms with E-state index >= 15 is 0 Å². The number of nitrogens with two attached hydrogens (primary N) is 1. The Hall–Kier alpha value is -1.55. The van der Waals surface area contributed by atoms with Gasteiger partial charge in [-0.1, -0.05) is 30.3 Å². The molecule has 2 N–H and O–H groups in total. The van der Waals surface area contributed by atoms with Gasteiger partial charge in [-0.2, -0.15) is 0 Å². The minimum Gasteiger partial charge on any atom is -0.444 e. The smallest absolute Gasteiger partial charge is 0.405 e. The predicted octanol–water partition coefficient (Wildman–Crippen LogP) is 2.51. The van der Waals surface area contributed by atoms with Gasteiger partial charge >= 0.3 is 6.09 Å². The van der Waals surface area contributed by atoms with Crippen molar-refractivity contribution in [2.45, 2.75) is 38.4 Å². The predicted molar refractivity (Wildman–Crippen MR) is 72.7 cm³/mol. The zero-order chi connectivity index (χ0) is 13.9. The highest BCUT2D eigenvalue weighted by Crippen LogP contribution is 2.32. The van der Waals surface area contributed by atoms with E-state index in [0.717, 1.165) is 19.4 Å². The van der Waals surface area contributed by atoms with Crippen LogP contribution in [0.15, 0.2) is 30.3 Å². The van der Waals surface area contributed by atoms with Crippen LogP contribution in [-0.2, 0) is 15.9 Å². The van der Waals surface area contributed by atoms with Crippen molar-refractivity contribution in [3.8, 4) is 0 Å². The van der Waals surface area contributed by atoms with Crippen molar-refractivity contribution >= 4 is 6.09 Å². The summed E-state index contributed by atoms with van der Waals surface area (Å²) in [7, 11) is 0. The lowest BCUT2D eigenvalue weighted by atomic mass is 9.86. The second kappa shape index (κ2) is 5.61. The van der Waals surface area contributed by atoms with Gasteiger partial charge in [0.15, 0.2) is 0 Å². The molecule has 1 aliphatic rings. The molecule has 0 bridgehead atoms. The van der Waals surface area contributed by atoms with E-state index in [1.807, 2.05) is 32.0 Å². The first kappa shape index (κ1) is 13.9. The molecule has 1 heterocycles. The molecule has 1 aliphatic heterocycles. The number of hydrogen-bond acceptors (Lipinski definition) is 3. The Kier molecular flexibility index (Phi) is 4.10. The molecule has 1 saturated heterocycles. The highest BCUT2D eigenvalue weighted by molar-refractivity contribution is 5.65. The summed E-state index contributed by atoms with van der Waals surface area (Å²) in [6, 6.07) is 10.3. The van der Waals surface area contributed by atoms with E-state index in [1.54, 1.807) is 0 Å². The van der Waals surface area contributed by atoms with E-state index in [9.17, 15) is 4.79 Å². The van der Waals surface area contributed by atoms with Gasteiger partial charge in [0.05, 0.1) is 12.7 Å². The molecule has 2 unspecified atom stereocenters. The van der Waals surface area contributed by atoms with Crippen molar-refractivity contribution < 1.29 is 14.3 Å². The molecule has 0 aromatic heterocycles. The van der Waals surface area contributed by atoms with Crippen molar-refractivity contribution in [1.29, 1.82) is 0 Å². The molecule has 4 nitrogen and oxygen atoms in total. The molecule has 104 valence electrons. The molecular formula is C15H21NO3. The number of benzene rings is 1. The average Bonchev–Trinajstić information content (AvgIpc) is 3.11. The monoisotopic (exact) mass is 263 g/mol. The van der Waals surface area contributed by atoms with Gasteiger partial charge in [-0.25, -0.2) is 4.79 Å². The highest BCUT2D eigenvalue weighted by Gasteiger charge is 2.37.